The van der Waals surface area contributed by atoms with Crippen LogP contribution in [-0.4, -0.2) is 28.8 Å². The average Bonchev–Trinajstić information content (AvgIpc) is 2.35. The molecule has 0 spiro atoms. The van der Waals surface area contributed by atoms with Crippen molar-refractivity contribution in [3.63, 3.8) is 0 Å². The summed E-state index contributed by atoms with van der Waals surface area (Å²) in [6.07, 6.45) is 0. The first-order valence-electron chi connectivity index (χ1n) is 5.16. The number of carbonyl (C=O) groups excluding carboxylic acids is 2. The zero-order valence-corrected chi connectivity index (χ0v) is 9.81. The van der Waals surface area contributed by atoms with Gasteiger partial charge in [0.05, 0.1) is 23.7 Å². The van der Waals surface area contributed by atoms with E-state index in [0.29, 0.717) is 16.6 Å². The maximum Gasteiger partial charge on any atom is 0.337 e. The summed E-state index contributed by atoms with van der Waals surface area (Å²) in [6.45, 7) is 1.27. The summed E-state index contributed by atoms with van der Waals surface area (Å²) in [7, 11) is 1.27. The third kappa shape index (κ3) is 2.00. The predicted molar refractivity (Wildman–Crippen MR) is 63.7 cm³/mol. The number of esters is 1. The number of fused-ring (bicyclic) bond motifs is 1. The largest absolute Gasteiger partial charge is 0.465 e. The molecule has 92 valence electrons. The molecule has 0 bridgehead atoms. The molecule has 0 unspecified atom stereocenters. The molecule has 1 heterocycles. The molecule has 0 aliphatic rings. The standard InChI is InChI=1S/C12H10N2O4/c1-6(15)10-11(16)14-9-5-7(12(17)18-2)3-4-8(9)13-10/h3-5H,1-2H3,(H,14,16). The van der Waals surface area contributed by atoms with E-state index in [2.05, 4.69) is 14.7 Å². The van der Waals surface area contributed by atoms with Crippen molar-refractivity contribution >= 4 is 22.8 Å². The lowest BCUT2D eigenvalue weighted by atomic mass is 10.2. The lowest BCUT2D eigenvalue weighted by Crippen LogP contribution is -2.18. The number of benzene rings is 1. The number of ketones is 1. The van der Waals surface area contributed by atoms with Crippen molar-refractivity contribution in [3.05, 3.63) is 39.8 Å². The van der Waals surface area contributed by atoms with E-state index >= 15 is 0 Å². The second-order valence-corrected chi connectivity index (χ2v) is 3.69. The summed E-state index contributed by atoms with van der Waals surface area (Å²) in [4.78, 5) is 40.5. The number of hydrogen-bond acceptors (Lipinski definition) is 5. The highest BCUT2D eigenvalue weighted by Crippen LogP contribution is 2.11. The number of Topliss-reactive ketones (excluding diaryl/α,β-unsaturated/α-hetero) is 1. The van der Waals surface area contributed by atoms with E-state index in [-0.39, 0.29) is 5.69 Å². The molecule has 0 amide bonds. The number of ether oxygens (including phenoxy) is 1. The fraction of sp³-hybridized carbons (Fsp3) is 0.167. The highest BCUT2D eigenvalue weighted by Gasteiger charge is 2.11. The molecule has 0 atom stereocenters. The Morgan fingerprint density at radius 3 is 2.67 bits per heavy atom. The zero-order valence-electron chi connectivity index (χ0n) is 9.81. The summed E-state index contributed by atoms with van der Waals surface area (Å²) >= 11 is 0. The van der Waals surface area contributed by atoms with Gasteiger partial charge in [-0.2, -0.15) is 0 Å². The molecule has 2 rings (SSSR count). The van der Waals surface area contributed by atoms with Crippen LogP contribution in [0.25, 0.3) is 11.0 Å². The Kier molecular flexibility index (Phi) is 2.93. The van der Waals surface area contributed by atoms with Crippen LogP contribution < -0.4 is 5.56 Å². The van der Waals surface area contributed by atoms with Crippen LogP contribution in [-0.2, 0) is 4.74 Å². The number of H-pyrrole nitrogens is 1. The molecular formula is C12H10N2O4. The van der Waals surface area contributed by atoms with E-state index in [0.717, 1.165) is 0 Å². The predicted octanol–water partition coefficient (Wildman–Crippen LogP) is 0.912. The second kappa shape index (κ2) is 4.40. The molecule has 1 aromatic carbocycles. The van der Waals surface area contributed by atoms with E-state index in [4.69, 9.17) is 0 Å². The first-order valence-corrected chi connectivity index (χ1v) is 5.16. The summed E-state index contributed by atoms with van der Waals surface area (Å²) in [5.41, 5.74) is 0.406. The molecule has 0 fully saturated rings. The molecule has 0 aliphatic heterocycles. The van der Waals surface area contributed by atoms with Crippen molar-refractivity contribution in [1.29, 1.82) is 0 Å². The highest BCUT2D eigenvalue weighted by atomic mass is 16.5. The fourth-order valence-electron chi connectivity index (χ4n) is 1.57. The summed E-state index contributed by atoms with van der Waals surface area (Å²) in [5, 5.41) is 0. The summed E-state index contributed by atoms with van der Waals surface area (Å²) in [5.74, 6) is -0.913. The Hall–Kier alpha value is -2.50. The summed E-state index contributed by atoms with van der Waals surface area (Å²) in [6, 6.07) is 4.52. The minimum atomic E-state index is -0.572. The van der Waals surface area contributed by atoms with Gasteiger partial charge < -0.3 is 9.72 Å². The smallest absolute Gasteiger partial charge is 0.337 e. The van der Waals surface area contributed by atoms with Crippen LogP contribution in [0.5, 0.6) is 0 Å². The van der Waals surface area contributed by atoms with Gasteiger partial charge in [-0.1, -0.05) is 0 Å². The van der Waals surface area contributed by atoms with Crippen molar-refractivity contribution in [2.24, 2.45) is 0 Å². The van der Waals surface area contributed by atoms with E-state index < -0.39 is 17.3 Å². The zero-order chi connectivity index (χ0) is 13.3. The quantitative estimate of drug-likeness (QED) is 0.628. The molecule has 0 saturated carbocycles. The van der Waals surface area contributed by atoms with Crippen LogP contribution in [0.15, 0.2) is 23.0 Å². The number of nitrogens with one attached hydrogen (secondary N) is 1. The monoisotopic (exact) mass is 246 g/mol. The van der Waals surface area contributed by atoms with Gasteiger partial charge >= 0.3 is 5.97 Å². The average molecular weight is 246 g/mol. The number of methoxy groups -OCH3 is 1. The molecule has 0 radical (unpaired) electrons. The topological polar surface area (TPSA) is 89.1 Å². The number of rotatable bonds is 2. The number of carbonyl (C=O) groups is 2. The second-order valence-electron chi connectivity index (χ2n) is 3.69. The molecule has 6 nitrogen and oxygen atoms in total. The van der Waals surface area contributed by atoms with Crippen molar-refractivity contribution in [3.8, 4) is 0 Å². The van der Waals surface area contributed by atoms with Crippen LogP contribution in [0.1, 0.15) is 27.8 Å². The third-order valence-corrected chi connectivity index (χ3v) is 2.45. The first kappa shape index (κ1) is 12.0. The van der Waals surface area contributed by atoms with Crippen LogP contribution in [0.2, 0.25) is 0 Å². The number of nitrogens with zero attached hydrogens (tertiary/aromatic N) is 1. The van der Waals surface area contributed by atoms with Crippen molar-refractivity contribution in [2.75, 3.05) is 7.11 Å². The Morgan fingerprint density at radius 1 is 1.33 bits per heavy atom. The van der Waals surface area contributed by atoms with Crippen LogP contribution >= 0.6 is 0 Å². The molecule has 0 saturated heterocycles. The van der Waals surface area contributed by atoms with Gasteiger partial charge in [0.2, 0.25) is 0 Å². The van der Waals surface area contributed by atoms with E-state index in [1.54, 1.807) is 6.07 Å². The van der Waals surface area contributed by atoms with Crippen LogP contribution in [0, 0.1) is 0 Å². The van der Waals surface area contributed by atoms with Gasteiger partial charge in [-0.05, 0) is 18.2 Å². The maximum atomic E-state index is 11.6. The third-order valence-electron chi connectivity index (χ3n) is 2.45. The van der Waals surface area contributed by atoms with Crippen molar-refractivity contribution in [1.82, 2.24) is 9.97 Å². The molecule has 18 heavy (non-hydrogen) atoms. The van der Waals surface area contributed by atoms with Gasteiger partial charge in [-0.25, -0.2) is 9.78 Å². The molecule has 0 aliphatic carbocycles. The van der Waals surface area contributed by atoms with Crippen LogP contribution in [0.4, 0.5) is 0 Å². The van der Waals surface area contributed by atoms with E-state index in [1.165, 1.54) is 26.2 Å². The lowest BCUT2D eigenvalue weighted by molar-refractivity contribution is 0.0600. The minimum absolute atomic E-state index is 0.145. The normalized spacial score (nSPS) is 10.3. The Bertz CT molecular complexity index is 703. The SMILES string of the molecule is COC(=O)c1ccc2nc(C(C)=O)c(=O)[nH]c2c1. The van der Waals surface area contributed by atoms with E-state index in [9.17, 15) is 14.4 Å². The Morgan fingerprint density at radius 2 is 2.06 bits per heavy atom. The van der Waals surface area contributed by atoms with Crippen molar-refractivity contribution in [2.45, 2.75) is 6.92 Å². The van der Waals surface area contributed by atoms with Gasteiger partial charge in [-0.3, -0.25) is 9.59 Å². The fourth-order valence-corrected chi connectivity index (χ4v) is 1.57. The molecule has 2 aromatic rings. The number of aromatic amines is 1. The van der Waals surface area contributed by atoms with Gasteiger partial charge in [0.1, 0.15) is 0 Å². The molecule has 1 aromatic heterocycles. The first-order chi connectivity index (χ1) is 8.52. The molecule has 6 heteroatoms. The highest BCUT2D eigenvalue weighted by molar-refractivity contribution is 5.95. The summed E-state index contributed by atoms with van der Waals surface area (Å²) < 4.78 is 4.57. The van der Waals surface area contributed by atoms with Crippen molar-refractivity contribution < 1.29 is 14.3 Å². The van der Waals surface area contributed by atoms with Crippen LogP contribution in [0.3, 0.4) is 0 Å². The van der Waals surface area contributed by atoms with Gasteiger partial charge in [-0.15, -0.1) is 0 Å². The maximum absolute atomic E-state index is 11.6. The van der Waals surface area contributed by atoms with Gasteiger partial charge in [0, 0.05) is 6.92 Å². The Balaban J connectivity index is 2.66. The Labute approximate surface area is 102 Å². The van der Waals surface area contributed by atoms with Gasteiger partial charge in [0.25, 0.3) is 5.56 Å². The molecule has 1 N–H and O–H groups in total. The molecular weight excluding hydrogens is 236 g/mol. The number of hydrogen-bond donors (Lipinski definition) is 1. The lowest BCUT2D eigenvalue weighted by Gasteiger charge is -2.02. The van der Waals surface area contributed by atoms with E-state index in [1.807, 2.05) is 0 Å². The number of aromatic nitrogens is 2. The minimum Gasteiger partial charge on any atom is -0.465 e. The van der Waals surface area contributed by atoms with Gasteiger partial charge in [0.15, 0.2) is 11.5 Å².